The van der Waals surface area contributed by atoms with Crippen molar-refractivity contribution < 1.29 is 19.1 Å². The van der Waals surface area contributed by atoms with E-state index in [9.17, 15) is 9.59 Å². The summed E-state index contributed by atoms with van der Waals surface area (Å²) < 4.78 is 11.8. The molecule has 7 nitrogen and oxygen atoms in total. The van der Waals surface area contributed by atoms with Gasteiger partial charge in [-0.25, -0.2) is 9.59 Å². The van der Waals surface area contributed by atoms with Crippen LogP contribution in [-0.4, -0.2) is 46.9 Å². The summed E-state index contributed by atoms with van der Waals surface area (Å²) in [5.41, 5.74) is 0.287. The Labute approximate surface area is 195 Å². The van der Waals surface area contributed by atoms with Crippen molar-refractivity contribution in [3.63, 3.8) is 0 Å². The van der Waals surface area contributed by atoms with Crippen molar-refractivity contribution in [3.8, 4) is 0 Å². The van der Waals surface area contributed by atoms with E-state index >= 15 is 0 Å². The molecule has 2 atom stereocenters. The first kappa shape index (κ1) is 24.3. The summed E-state index contributed by atoms with van der Waals surface area (Å²) >= 11 is 0. The Kier molecular flexibility index (Phi) is 7.43. The van der Waals surface area contributed by atoms with Crippen LogP contribution in [0, 0.1) is 0 Å². The number of ether oxygens (including phenoxy) is 2. The molecule has 2 N–H and O–H groups in total. The summed E-state index contributed by atoms with van der Waals surface area (Å²) in [5.74, 6) is 0. The highest BCUT2D eigenvalue weighted by Crippen LogP contribution is 2.41. The van der Waals surface area contributed by atoms with Crippen LogP contribution in [0.15, 0.2) is 73.3 Å². The molecule has 1 saturated heterocycles. The number of anilines is 2. The summed E-state index contributed by atoms with van der Waals surface area (Å²) in [4.78, 5) is 27.7. The van der Waals surface area contributed by atoms with Crippen molar-refractivity contribution in [2.24, 2.45) is 0 Å². The molecule has 2 aromatic carbocycles. The molecule has 1 fully saturated rings. The number of hydrogen-bond acceptors (Lipinski definition) is 5. The van der Waals surface area contributed by atoms with Gasteiger partial charge in [-0.2, -0.15) is 0 Å². The lowest BCUT2D eigenvalue weighted by atomic mass is 9.75. The van der Waals surface area contributed by atoms with Crippen LogP contribution in [0.2, 0.25) is 0 Å². The Morgan fingerprint density at radius 3 is 1.91 bits per heavy atom. The number of benzene rings is 2. The lowest BCUT2D eigenvalue weighted by Crippen LogP contribution is -2.70. The number of likely N-dealkylation sites (tertiary alicyclic amines) is 1. The molecule has 0 aromatic heterocycles. The second kappa shape index (κ2) is 10.1. The maximum atomic E-state index is 12.8. The number of amides is 2. The Morgan fingerprint density at radius 2 is 1.42 bits per heavy atom. The van der Waals surface area contributed by atoms with Crippen molar-refractivity contribution in [2.75, 3.05) is 17.2 Å². The fourth-order valence-electron chi connectivity index (χ4n) is 4.62. The Hall–Kier alpha value is -3.32. The average molecular weight is 452 g/mol. The molecular formula is C26H33N3O4. The molecule has 1 aliphatic heterocycles. The van der Waals surface area contributed by atoms with Crippen LogP contribution < -0.4 is 10.6 Å². The molecular weight excluding hydrogens is 418 g/mol. The van der Waals surface area contributed by atoms with Gasteiger partial charge in [0, 0.05) is 29.9 Å². The highest BCUT2D eigenvalue weighted by molar-refractivity contribution is 5.85. The number of carbonyl (C=O) groups excluding carboxylic acids is 2. The summed E-state index contributed by atoms with van der Waals surface area (Å²) in [6, 6.07) is 18.2. The number of nitrogens with one attached hydrogen (secondary N) is 2. The maximum Gasteiger partial charge on any atom is 0.412 e. The predicted octanol–water partition coefficient (Wildman–Crippen LogP) is 5.67. The molecule has 176 valence electrons. The molecule has 1 heterocycles. The van der Waals surface area contributed by atoms with E-state index in [4.69, 9.17) is 9.47 Å². The van der Waals surface area contributed by atoms with Crippen molar-refractivity contribution in [1.29, 1.82) is 0 Å². The number of carbonyl (C=O) groups is 2. The quantitative estimate of drug-likeness (QED) is 0.553. The van der Waals surface area contributed by atoms with E-state index < -0.39 is 29.9 Å². The van der Waals surface area contributed by atoms with Crippen molar-refractivity contribution in [2.45, 2.75) is 57.4 Å². The predicted molar refractivity (Wildman–Crippen MR) is 130 cm³/mol. The number of rotatable bonds is 6. The number of piperidine rings is 1. The zero-order valence-corrected chi connectivity index (χ0v) is 19.7. The molecule has 7 heteroatoms. The van der Waals surface area contributed by atoms with Crippen LogP contribution in [-0.2, 0) is 9.47 Å². The lowest BCUT2D eigenvalue weighted by molar-refractivity contribution is -0.156. The molecule has 1 aliphatic rings. The second-order valence-electron chi connectivity index (χ2n) is 9.32. The van der Waals surface area contributed by atoms with E-state index in [1.54, 1.807) is 24.3 Å². The van der Waals surface area contributed by atoms with Gasteiger partial charge in [0.25, 0.3) is 0 Å². The zero-order valence-electron chi connectivity index (χ0n) is 19.7. The van der Waals surface area contributed by atoms with Gasteiger partial charge in [-0.05, 0) is 52.0 Å². The van der Waals surface area contributed by atoms with Crippen LogP contribution in [0.3, 0.4) is 0 Å². The van der Waals surface area contributed by atoms with Gasteiger partial charge in [0.15, 0.2) is 6.10 Å². The second-order valence-corrected chi connectivity index (χ2v) is 9.32. The molecule has 3 rings (SSSR count). The largest absolute Gasteiger partial charge is 0.442 e. The zero-order chi connectivity index (χ0) is 24.1. The molecule has 33 heavy (non-hydrogen) atoms. The van der Waals surface area contributed by atoms with Gasteiger partial charge in [-0.15, -0.1) is 6.58 Å². The van der Waals surface area contributed by atoms with Gasteiger partial charge in [0.05, 0.1) is 5.54 Å². The van der Waals surface area contributed by atoms with Crippen LogP contribution in [0.25, 0.3) is 0 Å². The third-order valence-electron chi connectivity index (χ3n) is 6.01. The maximum absolute atomic E-state index is 12.8. The molecule has 0 aliphatic carbocycles. The van der Waals surface area contributed by atoms with Crippen LogP contribution in [0.4, 0.5) is 21.0 Å². The number of hydrogen-bond donors (Lipinski definition) is 2. The first-order valence-corrected chi connectivity index (χ1v) is 11.1. The van der Waals surface area contributed by atoms with E-state index in [-0.39, 0.29) is 5.54 Å². The third kappa shape index (κ3) is 5.93. The summed E-state index contributed by atoms with van der Waals surface area (Å²) in [7, 11) is 0. The monoisotopic (exact) mass is 451 g/mol. The minimum absolute atomic E-state index is 0.328. The topological polar surface area (TPSA) is 79.9 Å². The molecule has 0 radical (unpaired) electrons. The van der Waals surface area contributed by atoms with E-state index in [1.165, 1.54) is 0 Å². The minimum Gasteiger partial charge on any atom is -0.442 e. The normalized spacial score (nSPS) is 21.5. The third-order valence-corrected chi connectivity index (χ3v) is 6.01. The van der Waals surface area contributed by atoms with E-state index in [1.807, 2.05) is 56.3 Å². The fourth-order valence-corrected chi connectivity index (χ4v) is 4.62. The van der Waals surface area contributed by atoms with Gasteiger partial charge in [0.2, 0.25) is 0 Å². The van der Waals surface area contributed by atoms with E-state index in [0.717, 1.165) is 0 Å². The molecule has 2 amide bonds. The molecule has 0 spiro atoms. The molecule has 0 saturated carbocycles. The molecule has 2 unspecified atom stereocenters. The Morgan fingerprint density at radius 1 is 0.939 bits per heavy atom. The van der Waals surface area contributed by atoms with Crippen LogP contribution in [0.5, 0.6) is 0 Å². The van der Waals surface area contributed by atoms with Gasteiger partial charge < -0.3 is 9.47 Å². The first-order valence-electron chi connectivity index (χ1n) is 11.1. The van der Waals surface area contributed by atoms with Gasteiger partial charge in [-0.1, -0.05) is 42.5 Å². The Balaban J connectivity index is 1.82. The fraction of sp³-hybridized carbons (Fsp3) is 0.385. The smallest absolute Gasteiger partial charge is 0.412 e. The van der Waals surface area contributed by atoms with Crippen molar-refractivity contribution in [3.05, 3.63) is 73.3 Å². The van der Waals surface area contributed by atoms with Gasteiger partial charge in [-0.3, -0.25) is 15.5 Å². The SMILES string of the molecule is C=CCN1C(C)(C)CC(OC(=O)Nc2ccccc2)C(OC(=O)Nc2ccccc2)C1(C)C. The van der Waals surface area contributed by atoms with Crippen molar-refractivity contribution in [1.82, 2.24) is 4.90 Å². The van der Waals surface area contributed by atoms with E-state index in [2.05, 4.69) is 36.0 Å². The average Bonchev–Trinajstić information content (AvgIpc) is 2.75. The highest BCUT2D eigenvalue weighted by atomic mass is 16.6. The van der Waals surface area contributed by atoms with E-state index in [0.29, 0.717) is 24.3 Å². The van der Waals surface area contributed by atoms with Gasteiger partial charge in [0.1, 0.15) is 6.10 Å². The number of nitrogens with zero attached hydrogens (tertiary/aromatic N) is 1. The standard InChI is InChI=1S/C26H33N3O4/c1-6-17-29-25(2,3)18-21(32-23(30)27-19-13-9-7-10-14-19)22(26(29,4)5)33-24(31)28-20-15-11-8-12-16-20/h6-16,21-22H,1,17-18H2,2-5H3,(H,27,30)(H,28,31). The number of para-hydroxylation sites is 2. The molecule has 2 aromatic rings. The highest BCUT2D eigenvalue weighted by Gasteiger charge is 2.54. The first-order chi connectivity index (χ1) is 15.6. The van der Waals surface area contributed by atoms with Gasteiger partial charge >= 0.3 is 12.2 Å². The van der Waals surface area contributed by atoms with Crippen LogP contribution >= 0.6 is 0 Å². The lowest BCUT2D eigenvalue weighted by Gasteiger charge is -2.57. The summed E-state index contributed by atoms with van der Waals surface area (Å²) in [5, 5.41) is 5.50. The molecule has 0 bridgehead atoms. The minimum atomic E-state index is -0.712. The Bertz CT molecular complexity index is 960. The van der Waals surface area contributed by atoms with Crippen LogP contribution in [0.1, 0.15) is 34.1 Å². The van der Waals surface area contributed by atoms with Crippen molar-refractivity contribution >= 4 is 23.6 Å². The summed E-state index contributed by atoms with van der Waals surface area (Å²) in [6.07, 6.45) is -0.248. The summed E-state index contributed by atoms with van der Waals surface area (Å²) in [6.45, 7) is 12.6.